The number of nitrogens with one attached hydrogen (secondary N) is 1. The van der Waals surface area contributed by atoms with Gasteiger partial charge in [0.05, 0.1) is 17.5 Å². The predicted molar refractivity (Wildman–Crippen MR) is 98.1 cm³/mol. The van der Waals surface area contributed by atoms with Gasteiger partial charge in [0.1, 0.15) is 11.6 Å². The summed E-state index contributed by atoms with van der Waals surface area (Å²) in [6, 6.07) is 11.1. The van der Waals surface area contributed by atoms with Crippen LogP contribution in [0.25, 0.3) is 0 Å². The fraction of sp³-hybridized carbons (Fsp3) is 0.263. The molecule has 0 aromatic heterocycles. The third-order valence-electron chi connectivity index (χ3n) is 4.14. The summed E-state index contributed by atoms with van der Waals surface area (Å²) in [6.45, 7) is 2.69. The van der Waals surface area contributed by atoms with Gasteiger partial charge in [0.25, 0.3) is 0 Å². The zero-order valence-electron chi connectivity index (χ0n) is 14.2. The monoisotopic (exact) mass is 376 g/mol. The summed E-state index contributed by atoms with van der Waals surface area (Å²) in [7, 11) is 0. The van der Waals surface area contributed by atoms with E-state index in [4.69, 9.17) is 16.3 Å². The Labute approximate surface area is 155 Å². The lowest BCUT2D eigenvalue weighted by atomic mass is 10.1. The average molecular weight is 377 g/mol. The van der Waals surface area contributed by atoms with Crippen LogP contribution in [-0.4, -0.2) is 25.0 Å². The second-order valence-electron chi connectivity index (χ2n) is 5.95. The molecule has 1 atom stereocenters. The largest absolute Gasteiger partial charge is 0.494 e. The molecule has 3 rings (SSSR count). The van der Waals surface area contributed by atoms with Crippen LogP contribution < -0.4 is 15.0 Å². The van der Waals surface area contributed by atoms with Crippen molar-refractivity contribution < 1.29 is 18.7 Å². The number of halogens is 2. The molecule has 136 valence electrons. The Kier molecular flexibility index (Phi) is 5.42. The number of rotatable bonds is 5. The summed E-state index contributed by atoms with van der Waals surface area (Å²) in [5, 5.41) is 2.75. The van der Waals surface area contributed by atoms with E-state index in [2.05, 4.69) is 5.32 Å². The maximum Gasteiger partial charge on any atom is 0.229 e. The summed E-state index contributed by atoms with van der Waals surface area (Å²) < 4.78 is 18.7. The molecule has 2 aromatic carbocycles. The Morgan fingerprint density at radius 1 is 1.31 bits per heavy atom. The lowest BCUT2D eigenvalue weighted by Crippen LogP contribution is -2.28. The molecule has 1 fully saturated rings. The van der Waals surface area contributed by atoms with E-state index < -0.39 is 11.7 Å². The highest BCUT2D eigenvalue weighted by atomic mass is 35.5. The summed E-state index contributed by atoms with van der Waals surface area (Å²) >= 11 is 5.78. The molecule has 0 saturated carbocycles. The fourth-order valence-corrected chi connectivity index (χ4v) is 3.01. The van der Waals surface area contributed by atoms with E-state index >= 15 is 0 Å². The Bertz CT molecular complexity index is 826. The van der Waals surface area contributed by atoms with Gasteiger partial charge in [-0.25, -0.2) is 4.39 Å². The maximum atomic E-state index is 13.3. The van der Waals surface area contributed by atoms with E-state index in [9.17, 15) is 14.0 Å². The van der Waals surface area contributed by atoms with E-state index in [1.165, 1.54) is 23.1 Å². The normalized spacial score (nSPS) is 16.7. The number of anilines is 2. The van der Waals surface area contributed by atoms with Gasteiger partial charge in [-0.1, -0.05) is 11.6 Å². The average Bonchev–Trinajstić information content (AvgIpc) is 3.01. The standard InChI is InChI=1S/C19H18ClFN2O3/c1-2-26-15-6-3-13(4-7-15)22-19(25)12-9-18(24)23(11-12)14-5-8-17(21)16(20)10-14/h3-8,10,12H,2,9,11H2,1H3,(H,22,25). The first-order valence-electron chi connectivity index (χ1n) is 8.27. The van der Waals surface area contributed by atoms with Crippen molar-refractivity contribution in [2.75, 3.05) is 23.4 Å². The molecule has 5 nitrogen and oxygen atoms in total. The van der Waals surface area contributed by atoms with Crippen LogP contribution in [0.2, 0.25) is 5.02 Å². The summed E-state index contributed by atoms with van der Waals surface area (Å²) in [5.74, 6) is -0.747. The molecule has 2 amide bonds. The van der Waals surface area contributed by atoms with Gasteiger partial charge in [-0.3, -0.25) is 9.59 Å². The number of benzene rings is 2. The minimum absolute atomic E-state index is 0.0578. The van der Waals surface area contributed by atoms with Gasteiger partial charge in [0.2, 0.25) is 11.8 Å². The minimum Gasteiger partial charge on any atom is -0.494 e. The van der Waals surface area contributed by atoms with Crippen LogP contribution in [0.1, 0.15) is 13.3 Å². The van der Waals surface area contributed by atoms with Gasteiger partial charge >= 0.3 is 0 Å². The Morgan fingerprint density at radius 2 is 2.04 bits per heavy atom. The van der Waals surface area contributed by atoms with Gasteiger partial charge in [-0.2, -0.15) is 0 Å². The molecule has 0 aliphatic carbocycles. The van der Waals surface area contributed by atoms with Crippen LogP contribution in [0.3, 0.4) is 0 Å². The van der Waals surface area contributed by atoms with E-state index in [1.54, 1.807) is 24.3 Å². The molecular weight excluding hydrogens is 359 g/mol. The van der Waals surface area contributed by atoms with E-state index in [-0.39, 0.29) is 29.8 Å². The topological polar surface area (TPSA) is 58.6 Å². The molecule has 1 N–H and O–H groups in total. The van der Waals surface area contributed by atoms with Crippen LogP contribution in [0.15, 0.2) is 42.5 Å². The second kappa shape index (κ2) is 7.74. The molecule has 26 heavy (non-hydrogen) atoms. The smallest absolute Gasteiger partial charge is 0.229 e. The molecule has 0 bridgehead atoms. The zero-order valence-corrected chi connectivity index (χ0v) is 14.9. The van der Waals surface area contributed by atoms with E-state index in [0.717, 1.165) is 5.75 Å². The minimum atomic E-state index is -0.549. The van der Waals surface area contributed by atoms with Gasteiger partial charge in [-0.05, 0) is 49.4 Å². The van der Waals surface area contributed by atoms with Crippen molar-refractivity contribution in [3.8, 4) is 5.75 Å². The summed E-state index contributed by atoms with van der Waals surface area (Å²) in [5.41, 5.74) is 1.12. The summed E-state index contributed by atoms with van der Waals surface area (Å²) in [6.07, 6.45) is 0.0951. The van der Waals surface area contributed by atoms with Crippen LogP contribution >= 0.6 is 11.6 Å². The highest BCUT2D eigenvalue weighted by Gasteiger charge is 2.35. The highest BCUT2D eigenvalue weighted by Crippen LogP contribution is 2.29. The third kappa shape index (κ3) is 3.96. The van der Waals surface area contributed by atoms with Gasteiger partial charge < -0.3 is 15.0 Å². The molecule has 1 aliphatic rings. The van der Waals surface area contributed by atoms with Crippen molar-refractivity contribution in [2.24, 2.45) is 5.92 Å². The van der Waals surface area contributed by atoms with Crippen LogP contribution in [-0.2, 0) is 9.59 Å². The lowest BCUT2D eigenvalue weighted by molar-refractivity contribution is -0.122. The Morgan fingerprint density at radius 3 is 2.69 bits per heavy atom. The van der Waals surface area contributed by atoms with Gasteiger partial charge in [-0.15, -0.1) is 0 Å². The van der Waals surface area contributed by atoms with Crippen molar-refractivity contribution in [3.63, 3.8) is 0 Å². The molecule has 0 spiro atoms. The SMILES string of the molecule is CCOc1ccc(NC(=O)C2CC(=O)N(c3ccc(F)c(Cl)c3)C2)cc1. The van der Waals surface area contributed by atoms with Crippen molar-refractivity contribution in [1.29, 1.82) is 0 Å². The molecule has 1 saturated heterocycles. The van der Waals surface area contributed by atoms with Crippen LogP contribution in [0.4, 0.5) is 15.8 Å². The van der Waals surface area contributed by atoms with Crippen LogP contribution in [0.5, 0.6) is 5.75 Å². The number of carbonyl (C=O) groups excluding carboxylic acids is 2. The van der Waals surface area contributed by atoms with Gasteiger partial charge in [0, 0.05) is 24.3 Å². The quantitative estimate of drug-likeness (QED) is 0.861. The second-order valence-corrected chi connectivity index (χ2v) is 6.36. The number of hydrogen-bond acceptors (Lipinski definition) is 3. The number of ether oxygens (including phenoxy) is 1. The zero-order chi connectivity index (χ0) is 18.7. The maximum absolute atomic E-state index is 13.3. The number of hydrogen-bond donors (Lipinski definition) is 1. The van der Waals surface area contributed by atoms with E-state index in [1.807, 2.05) is 6.92 Å². The molecule has 1 unspecified atom stereocenters. The van der Waals surface area contributed by atoms with Gasteiger partial charge in [0.15, 0.2) is 0 Å². The van der Waals surface area contributed by atoms with E-state index in [0.29, 0.717) is 18.0 Å². The highest BCUT2D eigenvalue weighted by molar-refractivity contribution is 6.31. The fourth-order valence-electron chi connectivity index (χ4n) is 2.83. The molecule has 1 aliphatic heterocycles. The Hall–Kier alpha value is -2.60. The predicted octanol–water partition coefficient (Wildman–Crippen LogP) is 3.87. The van der Waals surface area contributed by atoms with Crippen LogP contribution in [0, 0.1) is 11.7 Å². The number of nitrogens with zero attached hydrogens (tertiary/aromatic N) is 1. The lowest BCUT2D eigenvalue weighted by Gasteiger charge is -2.17. The summed E-state index contributed by atoms with van der Waals surface area (Å²) in [4.78, 5) is 26.2. The first-order valence-corrected chi connectivity index (χ1v) is 8.65. The molecular formula is C19H18ClFN2O3. The first kappa shape index (κ1) is 18.2. The molecule has 7 heteroatoms. The van der Waals surface area contributed by atoms with Crippen molar-refractivity contribution in [2.45, 2.75) is 13.3 Å². The molecule has 1 heterocycles. The van der Waals surface area contributed by atoms with Crippen molar-refractivity contribution >= 4 is 34.8 Å². The number of carbonyl (C=O) groups is 2. The number of amides is 2. The van der Waals surface area contributed by atoms with Crippen molar-refractivity contribution in [3.05, 3.63) is 53.3 Å². The molecule has 2 aromatic rings. The first-order chi connectivity index (χ1) is 12.5. The van der Waals surface area contributed by atoms with Crippen molar-refractivity contribution in [1.82, 2.24) is 0 Å². The molecule has 0 radical (unpaired) electrons. The third-order valence-corrected chi connectivity index (χ3v) is 4.43. The Balaban J connectivity index is 1.65.